The zero-order valence-electron chi connectivity index (χ0n) is 13.3. The summed E-state index contributed by atoms with van der Waals surface area (Å²) in [6.45, 7) is 0.617. The van der Waals surface area contributed by atoms with E-state index in [1.54, 1.807) is 22.6 Å². The second kappa shape index (κ2) is 5.11. The summed E-state index contributed by atoms with van der Waals surface area (Å²) in [5.74, 6) is -0.240. The highest BCUT2D eigenvalue weighted by Gasteiger charge is 2.19. The minimum Gasteiger partial charge on any atom is -0.270 e. The molecule has 3 aromatic heterocycles. The van der Waals surface area contributed by atoms with Crippen molar-refractivity contribution in [3.05, 3.63) is 94.7 Å². The molecule has 0 bridgehead atoms. The second-order valence-corrected chi connectivity index (χ2v) is 6.24. The third kappa shape index (κ3) is 2.04. The van der Waals surface area contributed by atoms with Gasteiger partial charge in [-0.05, 0) is 30.3 Å². The van der Waals surface area contributed by atoms with Gasteiger partial charge in [-0.15, -0.1) is 0 Å². The average Bonchev–Trinajstić information content (AvgIpc) is 2.97. The molecule has 0 fully saturated rings. The van der Waals surface area contributed by atoms with Gasteiger partial charge < -0.3 is 0 Å². The van der Waals surface area contributed by atoms with Gasteiger partial charge in [0.05, 0.1) is 5.52 Å². The molecule has 0 aliphatic carbocycles. The van der Waals surface area contributed by atoms with Crippen molar-refractivity contribution in [2.75, 3.05) is 0 Å². The Hall–Kier alpha value is -3.27. The van der Waals surface area contributed by atoms with Gasteiger partial charge in [-0.3, -0.25) is 9.20 Å². The summed E-state index contributed by atoms with van der Waals surface area (Å²) in [5, 5.41) is 2.14. The average molecular weight is 329 g/mol. The van der Waals surface area contributed by atoms with Crippen molar-refractivity contribution in [1.29, 1.82) is 0 Å². The lowest BCUT2D eigenvalue weighted by Crippen LogP contribution is -2.35. The third-order valence-corrected chi connectivity index (χ3v) is 4.76. The number of benzene rings is 2. The van der Waals surface area contributed by atoms with Crippen LogP contribution in [0.2, 0.25) is 0 Å². The fourth-order valence-corrected chi connectivity index (χ4v) is 3.62. The summed E-state index contributed by atoms with van der Waals surface area (Å²) in [5.41, 5.74) is 3.82. The van der Waals surface area contributed by atoms with Gasteiger partial charge >= 0.3 is 0 Å². The van der Waals surface area contributed by atoms with Crippen LogP contribution in [-0.4, -0.2) is 4.40 Å². The Morgan fingerprint density at radius 3 is 2.52 bits per heavy atom. The predicted molar refractivity (Wildman–Crippen MR) is 95.6 cm³/mol. The van der Waals surface area contributed by atoms with E-state index < -0.39 is 0 Å². The SMILES string of the molecule is O=c1ccc2c3c(cc[n+]2Cc2ccc(F)cc2)c2ccccc2n13. The molecule has 3 heterocycles. The summed E-state index contributed by atoms with van der Waals surface area (Å²) in [6.07, 6.45) is 2.03. The molecule has 0 amide bonds. The molecule has 5 aromatic rings. The molecule has 0 radical (unpaired) electrons. The molecule has 0 N–H and O–H groups in total. The summed E-state index contributed by atoms with van der Waals surface area (Å²) in [4.78, 5) is 12.5. The van der Waals surface area contributed by atoms with Crippen LogP contribution in [-0.2, 0) is 6.54 Å². The normalized spacial score (nSPS) is 11.7. The van der Waals surface area contributed by atoms with E-state index in [0.29, 0.717) is 6.54 Å². The minimum absolute atomic E-state index is 0.0294. The molecule has 120 valence electrons. The van der Waals surface area contributed by atoms with Crippen LogP contribution in [0.1, 0.15) is 5.56 Å². The van der Waals surface area contributed by atoms with E-state index in [1.807, 2.05) is 42.6 Å². The zero-order valence-corrected chi connectivity index (χ0v) is 13.3. The molecular formula is C21H14FN2O+. The Morgan fingerprint density at radius 1 is 0.880 bits per heavy atom. The lowest BCUT2D eigenvalue weighted by Gasteiger charge is -2.03. The number of pyridine rings is 2. The van der Waals surface area contributed by atoms with Crippen molar-refractivity contribution >= 4 is 27.3 Å². The molecule has 25 heavy (non-hydrogen) atoms. The minimum atomic E-state index is -0.240. The Bertz CT molecular complexity index is 1290. The van der Waals surface area contributed by atoms with Gasteiger partial charge in [0, 0.05) is 34.5 Å². The monoisotopic (exact) mass is 329 g/mol. The van der Waals surface area contributed by atoms with Crippen LogP contribution in [0.15, 0.2) is 77.7 Å². The number of aromatic nitrogens is 2. The van der Waals surface area contributed by atoms with Gasteiger partial charge in [0.25, 0.3) is 5.56 Å². The van der Waals surface area contributed by atoms with E-state index in [0.717, 1.165) is 32.9 Å². The Balaban J connectivity index is 1.83. The molecule has 4 heteroatoms. The quantitative estimate of drug-likeness (QED) is 0.455. The summed E-state index contributed by atoms with van der Waals surface area (Å²) < 4.78 is 17.0. The van der Waals surface area contributed by atoms with Crippen molar-refractivity contribution in [2.24, 2.45) is 0 Å². The second-order valence-electron chi connectivity index (χ2n) is 6.24. The zero-order chi connectivity index (χ0) is 17.0. The fourth-order valence-electron chi connectivity index (χ4n) is 3.62. The maximum atomic E-state index is 13.1. The van der Waals surface area contributed by atoms with Gasteiger partial charge in [0.2, 0.25) is 5.52 Å². The largest absolute Gasteiger partial charge is 0.270 e. The first-order chi connectivity index (χ1) is 12.2. The van der Waals surface area contributed by atoms with Gasteiger partial charge in [0.1, 0.15) is 11.3 Å². The number of hydrogen-bond donors (Lipinski definition) is 0. The molecule has 0 spiro atoms. The Morgan fingerprint density at radius 2 is 1.68 bits per heavy atom. The summed E-state index contributed by atoms with van der Waals surface area (Å²) in [7, 11) is 0. The van der Waals surface area contributed by atoms with E-state index >= 15 is 0 Å². The maximum absolute atomic E-state index is 13.1. The van der Waals surface area contributed by atoms with Crippen LogP contribution in [0.3, 0.4) is 0 Å². The van der Waals surface area contributed by atoms with Gasteiger partial charge in [-0.1, -0.05) is 18.2 Å². The third-order valence-electron chi connectivity index (χ3n) is 4.76. The van der Waals surface area contributed by atoms with E-state index in [2.05, 4.69) is 4.57 Å². The highest BCUT2D eigenvalue weighted by Crippen LogP contribution is 2.28. The standard InChI is InChI=1S/C21H14FN2O/c22-15-7-5-14(6-8-15)13-23-12-11-17-16-3-1-2-4-18(16)24-20(25)10-9-19(23)21(17)24/h1-12H,13H2/q+1. The maximum Gasteiger partial charge on any atom is 0.256 e. The van der Waals surface area contributed by atoms with Crippen LogP contribution < -0.4 is 10.1 Å². The van der Waals surface area contributed by atoms with Crippen LogP contribution >= 0.6 is 0 Å². The molecule has 0 atom stereocenters. The van der Waals surface area contributed by atoms with Crippen LogP contribution in [0, 0.1) is 5.82 Å². The van der Waals surface area contributed by atoms with E-state index in [1.165, 1.54) is 12.1 Å². The van der Waals surface area contributed by atoms with E-state index in [4.69, 9.17) is 0 Å². The molecule has 0 saturated carbocycles. The Kier molecular flexibility index (Phi) is 2.88. The van der Waals surface area contributed by atoms with E-state index in [9.17, 15) is 9.18 Å². The van der Waals surface area contributed by atoms with Crippen molar-refractivity contribution in [2.45, 2.75) is 6.54 Å². The molecule has 0 aliphatic rings. The molecule has 5 rings (SSSR count). The molecule has 0 aliphatic heterocycles. The molecule has 0 unspecified atom stereocenters. The smallest absolute Gasteiger partial charge is 0.256 e. The Labute approximate surface area is 142 Å². The van der Waals surface area contributed by atoms with Crippen molar-refractivity contribution in [3.8, 4) is 0 Å². The molecule has 0 saturated heterocycles. The lowest BCUT2D eigenvalue weighted by molar-refractivity contribution is -0.662. The molecule has 3 nitrogen and oxygen atoms in total. The number of hydrogen-bond acceptors (Lipinski definition) is 1. The van der Waals surface area contributed by atoms with Crippen molar-refractivity contribution in [3.63, 3.8) is 0 Å². The summed E-state index contributed by atoms with van der Waals surface area (Å²) >= 11 is 0. The van der Waals surface area contributed by atoms with Gasteiger partial charge in [-0.25, -0.2) is 4.39 Å². The molecule has 2 aromatic carbocycles. The highest BCUT2D eigenvalue weighted by molar-refractivity contribution is 6.11. The number of halogens is 1. The highest BCUT2D eigenvalue weighted by atomic mass is 19.1. The van der Waals surface area contributed by atoms with Crippen LogP contribution in [0.25, 0.3) is 27.3 Å². The van der Waals surface area contributed by atoms with Gasteiger partial charge in [0.15, 0.2) is 12.7 Å². The topological polar surface area (TPSA) is 25.4 Å². The van der Waals surface area contributed by atoms with Crippen molar-refractivity contribution in [1.82, 2.24) is 4.40 Å². The first-order valence-electron chi connectivity index (χ1n) is 8.15. The van der Waals surface area contributed by atoms with Crippen LogP contribution in [0.4, 0.5) is 4.39 Å². The van der Waals surface area contributed by atoms with E-state index in [-0.39, 0.29) is 11.4 Å². The van der Waals surface area contributed by atoms with Gasteiger partial charge in [-0.2, -0.15) is 4.57 Å². The first kappa shape index (κ1) is 14.1. The number of nitrogens with zero attached hydrogens (tertiary/aromatic N) is 2. The summed E-state index contributed by atoms with van der Waals surface area (Å²) in [6, 6.07) is 20.0. The number of para-hydroxylation sites is 1. The lowest BCUT2D eigenvalue weighted by atomic mass is 10.1. The first-order valence-corrected chi connectivity index (χ1v) is 8.15. The number of fused-ring (bicyclic) bond motifs is 3. The predicted octanol–water partition coefficient (Wildman–Crippen LogP) is 3.52. The van der Waals surface area contributed by atoms with Crippen molar-refractivity contribution < 1.29 is 8.96 Å². The number of rotatable bonds is 2. The fraction of sp³-hybridized carbons (Fsp3) is 0.0476. The molecular weight excluding hydrogens is 315 g/mol. The van der Waals surface area contributed by atoms with Crippen LogP contribution in [0.5, 0.6) is 0 Å².